The molecule has 4 rings (SSSR count). The van der Waals surface area contributed by atoms with E-state index in [0.29, 0.717) is 51.1 Å². The molecule has 184 valence electrons. The molecule has 2 amide bonds. The van der Waals surface area contributed by atoms with Crippen molar-refractivity contribution in [3.63, 3.8) is 0 Å². The lowest BCUT2D eigenvalue weighted by Gasteiger charge is -2.38. The van der Waals surface area contributed by atoms with Crippen molar-refractivity contribution in [2.75, 3.05) is 32.7 Å². The third kappa shape index (κ3) is 5.20. The smallest absolute Gasteiger partial charge is 0.289 e. The molecule has 0 atom stereocenters. The molecule has 0 bridgehead atoms. The number of hydrogen-bond acceptors (Lipinski definition) is 5. The molecule has 2 aromatic rings. The second kappa shape index (κ2) is 10.7. The van der Waals surface area contributed by atoms with Crippen LogP contribution in [0, 0.1) is 0 Å². The topological polar surface area (TPSA) is 91.1 Å². The van der Waals surface area contributed by atoms with E-state index >= 15 is 0 Å². The van der Waals surface area contributed by atoms with Crippen molar-refractivity contribution in [3.8, 4) is 0 Å². The monoisotopic (exact) mass is 487 g/mol. The van der Waals surface area contributed by atoms with Crippen molar-refractivity contribution in [2.24, 2.45) is 0 Å². The summed E-state index contributed by atoms with van der Waals surface area (Å²) in [6, 6.07) is 12.0. The molecular formula is C25H33N3O5S. The van der Waals surface area contributed by atoms with Crippen LogP contribution >= 0.6 is 0 Å². The predicted octanol–water partition coefficient (Wildman–Crippen LogP) is 3.61. The summed E-state index contributed by atoms with van der Waals surface area (Å²) in [6.45, 7) is 4.65. The minimum absolute atomic E-state index is 0.00557. The number of amides is 2. The van der Waals surface area contributed by atoms with E-state index in [2.05, 4.69) is 0 Å². The lowest BCUT2D eigenvalue weighted by Crippen LogP contribution is -2.49. The second-order valence-corrected chi connectivity index (χ2v) is 10.8. The number of sulfonamides is 1. The Bertz CT molecular complexity index is 1080. The first kappa shape index (κ1) is 24.5. The van der Waals surface area contributed by atoms with Crippen LogP contribution in [0.2, 0.25) is 0 Å². The van der Waals surface area contributed by atoms with Gasteiger partial charge in [-0.05, 0) is 56.4 Å². The molecule has 9 heteroatoms. The lowest BCUT2D eigenvalue weighted by molar-refractivity contribution is 0.0494. The molecule has 1 aromatic carbocycles. The third-order valence-electron chi connectivity index (χ3n) is 6.64. The fourth-order valence-corrected chi connectivity index (χ4v) is 6.21. The van der Waals surface area contributed by atoms with Crippen molar-refractivity contribution in [1.82, 2.24) is 14.1 Å². The number of furan rings is 1. The number of nitrogens with zero attached hydrogens (tertiary/aromatic N) is 3. The van der Waals surface area contributed by atoms with Crippen LogP contribution < -0.4 is 0 Å². The molecule has 2 saturated heterocycles. The predicted molar refractivity (Wildman–Crippen MR) is 128 cm³/mol. The Kier molecular flexibility index (Phi) is 7.73. The molecule has 0 radical (unpaired) electrons. The highest BCUT2D eigenvalue weighted by Gasteiger charge is 2.33. The summed E-state index contributed by atoms with van der Waals surface area (Å²) in [5.41, 5.74) is 0.667. The fraction of sp³-hybridized carbons (Fsp3) is 0.520. The van der Waals surface area contributed by atoms with Gasteiger partial charge in [0.05, 0.1) is 0 Å². The van der Waals surface area contributed by atoms with Gasteiger partial charge in [-0.2, -0.15) is 4.31 Å². The van der Waals surface area contributed by atoms with Crippen LogP contribution in [0.15, 0.2) is 52.0 Å². The maximum absolute atomic E-state index is 13.3. The van der Waals surface area contributed by atoms with Gasteiger partial charge in [0.2, 0.25) is 5.09 Å². The molecule has 0 aliphatic carbocycles. The molecule has 2 aliphatic heterocycles. The van der Waals surface area contributed by atoms with Crippen LogP contribution in [-0.4, -0.2) is 73.1 Å². The minimum atomic E-state index is -3.73. The molecular weight excluding hydrogens is 454 g/mol. The van der Waals surface area contributed by atoms with E-state index < -0.39 is 10.0 Å². The third-order valence-corrected chi connectivity index (χ3v) is 8.41. The lowest BCUT2D eigenvalue weighted by atomic mass is 10.0. The Morgan fingerprint density at radius 3 is 2.29 bits per heavy atom. The Labute approximate surface area is 201 Å². The number of piperidine rings is 2. The highest BCUT2D eigenvalue weighted by atomic mass is 32.2. The highest BCUT2D eigenvalue weighted by Crippen LogP contribution is 2.25. The molecule has 1 aromatic heterocycles. The van der Waals surface area contributed by atoms with Gasteiger partial charge in [0.1, 0.15) is 0 Å². The van der Waals surface area contributed by atoms with Crippen molar-refractivity contribution in [3.05, 3.63) is 53.8 Å². The molecule has 0 spiro atoms. The molecule has 8 nitrogen and oxygen atoms in total. The van der Waals surface area contributed by atoms with Crippen LogP contribution in [0.4, 0.5) is 0 Å². The van der Waals surface area contributed by atoms with Crippen molar-refractivity contribution in [1.29, 1.82) is 0 Å². The van der Waals surface area contributed by atoms with Crippen molar-refractivity contribution in [2.45, 2.75) is 56.6 Å². The number of carbonyl (C=O) groups excluding carboxylic acids is 2. The Morgan fingerprint density at radius 2 is 1.65 bits per heavy atom. The molecule has 2 fully saturated rings. The van der Waals surface area contributed by atoms with E-state index in [1.165, 1.54) is 16.4 Å². The normalized spacial score (nSPS) is 18.1. The van der Waals surface area contributed by atoms with Crippen molar-refractivity contribution >= 4 is 21.8 Å². The van der Waals surface area contributed by atoms with E-state index in [-0.39, 0.29) is 28.7 Å². The number of carbonyl (C=O) groups is 2. The molecule has 34 heavy (non-hydrogen) atoms. The zero-order chi connectivity index (χ0) is 24.1. The van der Waals surface area contributed by atoms with E-state index in [0.717, 1.165) is 25.7 Å². The largest absolute Gasteiger partial charge is 0.438 e. The maximum atomic E-state index is 13.3. The summed E-state index contributed by atoms with van der Waals surface area (Å²) >= 11 is 0. The maximum Gasteiger partial charge on any atom is 0.289 e. The minimum Gasteiger partial charge on any atom is -0.438 e. The number of benzene rings is 1. The summed E-state index contributed by atoms with van der Waals surface area (Å²) in [6.07, 6.45) is 4.81. The molecule has 0 saturated carbocycles. The van der Waals surface area contributed by atoms with Crippen LogP contribution in [0.3, 0.4) is 0 Å². The molecule has 2 aliphatic rings. The van der Waals surface area contributed by atoms with Gasteiger partial charge < -0.3 is 14.2 Å². The SMILES string of the molecule is CCCN(C(=O)c1ccc(S(=O)(=O)N2CCCCC2)o1)C1CCN(C(=O)c2ccccc2)CC1. The van der Waals surface area contributed by atoms with Crippen LogP contribution in [0.1, 0.15) is 66.4 Å². The van der Waals surface area contributed by atoms with Gasteiger partial charge in [-0.15, -0.1) is 0 Å². The van der Waals surface area contributed by atoms with E-state index in [1.807, 2.05) is 42.2 Å². The number of rotatable bonds is 7. The summed E-state index contributed by atoms with van der Waals surface area (Å²) in [5.74, 6) is -0.243. The van der Waals surface area contributed by atoms with E-state index in [1.54, 1.807) is 4.90 Å². The standard InChI is InChI=1S/C25H33N3O5S/c1-2-15-28(21-13-18-26(19-14-21)24(29)20-9-5-3-6-10-20)25(30)22-11-12-23(33-22)34(31,32)27-16-7-4-8-17-27/h3,5-6,9-12,21H,2,4,7-8,13-19H2,1H3. The molecule has 0 N–H and O–H groups in total. The van der Waals surface area contributed by atoms with E-state index in [9.17, 15) is 18.0 Å². The summed E-state index contributed by atoms with van der Waals surface area (Å²) in [7, 11) is -3.73. The Morgan fingerprint density at radius 1 is 0.971 bits per heavy atom. The van der Waals surface area contributed by atoms with Gasteiger partial charge >= 0.3 is 0 Å². The van der Waals surface area contributed by atoms with Gasteiger partial charge in [0.25, 0.3) is 21.8 Å². The van der Waals surface area contributed by atoms with Crippen LogP contribution in [0.5, 0.6) is 0 Å². The highest BCUT2D eigenvalue weighted by molar-refractivity contribution is 7.89. The first-order valence-corrected chi connectivity index (χ1v) is 13.6. The number of likely N-dealkylation sites (tertiary alicyclic amines) is 1. The quantitative estimate of drug-likeness (QED) is 0.595. The van der Waals surface area contributed by atoms with Gasteiger partial charge in [0.15, 0.2) is 5.76 Å². The van der Waals surface area contributed by atoms with Gasteiger partial charge in [-0.3, -0.25) is 9.59 Å². The average Bonchev–Trinajstić information content (AvgIpc) is 3.39. The first-order valence-electron chi connectivity index (χ1n) is 12.2. The van der Waals surface area contributed by atoms with Crippen LogP contribution in [0.25, 0.3) is 0 Å². The second-order valence-electron chi connectivity index (χ2n) is 8.97. The molecule has 3 heterocycles. The molecule has 0 unspecified atom stereocenters. The first-order chi connectivity index (χ1) is 16.4. The van der Waals surface area contributed by atoms with Gasteiger partial charge in [0, 0.05) is 44.3 Å². The summed E-state index contributed by atoms with van der Waals surface area (Å²) in [5, 5.41) is -0.169. The number of hydrogen-bond donors (Lipinski definition) is 0. The Balaban J connectivity index is 1.43. The zero-order valence-corrected chi connectivity index (χ0v) is 20.5. The Hall–Kier alpha value is -2.65. The van der Waals surface area contributed by atoms with Gasteiger partial charge in [-0.1, -0.05) is 31.5 Å². The van der Waals surface area contributed by atoms with Gasteiger partial charge in [-0.25, -0.2) is 8.42 Å². The summed E-state index contributed by atoms with van der Waals surface area (Å²) < 4.78 is 32.9. The summed E-state index contributed by atoms with van der Waals surface area (Å²) in [4.78, 5) is 29.7. The zero-order valence-electron chi connectivity index (χ0n) is 19.7. The van der Waals surface area contributed by atoms with Crippen molar-refractivity contribution < 1.29 is 22.4 Å². The fourth-order valence-electron chi connectivity index (χ4n) is 4.78. The van der Waals surface area contributed by atoms with Crippen LogP contribution in [-0.2, 0) is 10.0 Å². The van der Waals surface area contributed by atoms with E-state index in [4.69, 9.17) is 4.42 Å². The average molecular weight is 488 g/mol.